The lowest BCUT2D eigenvalue weighted by Crippen LogP contribution is -2.35. The molecule has 0 unspecified atom stereocenters. The summed E-state index contributed by atoms with van der Waals surface area (Å²) in [5.41, 5.74) is 3.22. The summed E-state index contributed by atoms with van der Waals surface area (Å²) in [4.78, 5) is 18.8. The van der Waals surface area contributed by atoms with Crippen molar-refractivity contribution in [2.24, 2.45) is 0 Å². The molecule has 6 nitrogen and oxygen atoms in total. The minimum absolute atomic E-state index is 0.0137. The van der Waals surface area contributed by atoms with Crippen molar-refractivity contribution in [1.82, 2.24) is 19.9 Å². The largest absolute Gasteiger partial charge is 0.494 e. The number of aromatic nitrogens is 3. The molecule has 2 aromatic heterocycles. The number of H-pyrrole nitrogens is 2. The van der Waals surface area contributed by atoms with Gasteiger partial charge >= 0.3 is 0 Å². The Labute approximate surface area is 148 Å². The third-order valence-electron chi connectivity index (χ3n) is 5.21. The van der Waals surface area contributed by atoms with Gasteiger partial charge in [-0.2, -0.15) is 0 Å². The second kappa shape index (κ2) is 5.31. The van der Waals surface area contributed by atoms with Gasteiger partial charge in [-0.1, -0.05) is 18.2 Å². The molecule has 1 aliphatic carbocycles. The molecule has 1 aromatic carbocycles. The molecule has 1 atom stereocenters. The van der Waals surface area contributed by atoms with Crippen LogP contribution in [0.15, 0.2) is 29.1 Å². The Morgan fingerprint density at radius 1 is 1.20 bits per heavy atom. The van der Waals surface area contributed by atoms with Crippen molar-refractivity contribution in [3.63, 3.8) is 0 Å². The molecule has 1 saturated carbocycles. The number of aromatic amines is 2. The van der Waals surface area contributed by atoms with E-state index in [0.717, 1.165) is 37.0 Å². The maximum Gasteiger partial charge on any atom is 0.260 e. The fourth-order valence-corrected chi connectivity index (χ4v) is 4.24. The van der Waals surface area contributed by atoms with Crippen LogP contribution in [0.3, 0.4) is 0 Å². The first-order valence-corrected chi connectivity index (χ1v) is 8.96. The van der Waals surface area contributed by atoms with Gasteiger partial charge in [0.1, 0.15) is 5.56 Å². The summed E-state index contributed by atoms with van der Waals surface area (Å²) < 4.78 is 1.98. The van der Waals surface area contributed by atoms with Crippen molar-refractivity contribution < 1.29 is 5.11 Å². The summed E-state index contributed by atoms with van der Waals surface area (Å²) in [7, 11) is 0. The van der Waals surface area contributed by atoms with Gasteiger partial charge in [-0.3, -0.25) is 14.3 Å². The zero-order chi connectivity index (χ0) is 17.1. The van der Waals surface area contributed by atoms with Gasteiger partial charge in [0.15, 0.2) is 4.77 Å². The van der Waals surface area contributed by atoms with Crippen LogP contribution in [0.25, 0.3) is 10.9 Å². The molecule has 0 radical (unpaired) electrons. The third kappa shape index (κ3) is 2.19. The van der Waals surface area contributed by atoms with Crippen LogP contribution in [0.5, 0.6) is 5.88 Å². The lowest BCUT2D eigenvalue weighted by atomic mass is 9.95. The van der Waals surface area contributed by atoms with E-state index in [0.29, 0.717) is 10.3 Å². The molecular formula is C18H18N4O2S. The average molecular weight is 354 g/mol. The molecule has 128 valence electrons. The molecule has 25 heavy (non-hydrogen) atoms. The Balaban J connectivity index is 1.75. The predicted octanol–water partition coefficient (Wildman–Crippen LogP) is 2.66. The molecule has 0 spiro atoms. The third-order valence-corrected chi connectivity index (χ3v) is 5.51. The molecule has 4 N–H and O–H groups in total. The number of benzene rings is 1. The minimum atomic E-state index is -0.375. The number of fused-ring (bicyclic) bond motifs is 3. The van der Waals surface area contributed by atoms with E-state index >= 15 is 0 Å². The number of para-hydroxylation sites is 1. The van der Waals surface area contributed by atoms with E-state index in [-0.39, 0.29) is 23.5 Å². The second-order valence-electron chi connectivity index (χ2n) is 6.80. The van der Waals surface area contributed by atoms with Crippen molar-refractivity contribution in [3.8, 4) is 5.88 Å². The van der Waals surface area contributed by atoms with Gasteiger partial charge in [0.2, 0.25) is 5.88 Å². The predicted molar refractivity (Wildman–Crippen MR) is 97.7 cm³/mol. The highest BCUT2D eigenvalue weighted by molar-refractivity contribution is 7.71. The van der Waals surface area contributed by atoms with Crippen LogP contribution < -0.4 is 10.9 Å². The van der Waals surface area contributed by atoms with Crippen LogP contribution in [0.1, 0.15) is 41.7 Å². The SMILES string of the molecule is O=c1[nH]c(=S)n(C2CC2)c(O)c1[C@@H]1NCCc2c1[nH]c1ccccc21. The normalized spacial score (nSPS) is 19.9. The molecule has 1 aliphatic heterocycles. The first-order chi connectivity index (χ1) is 12.1. The smallest absolute Gasteiger partial charge is 0.260 e. The van der Waals surface area contributed by atoms with Gasteiger partial charge in [0.05, 0.1) is 6.04 Å². The Morgan fingerprint density at radius 3 is 2.80 bits per heavy atom. The monoisotopic (exact) mass is 354 g/mol. The maximum absolute atomic E-state index is 12.6. The lowest BCUT2D eigenvalue weighted by Gasteiger charge is -2.25. The Bertz CT molecular complexity index is 1110. The molecule has 3 heterocycles. The van der Waals surface area contributed by atoms with Crippen molar-refractivity contribution in [1.29, 1.82) is 0 Å². The molecule has 2 aliphatic rings. The van der Waals surface area contributed by atoms with Gasteiger partial charge in [0.25, 0.3) is 5.56 Å². The molecule has 5 rings (SSSR count). The first kappa shape index (κ1) is 14.9. The van der Waals surface area contributed by atoms with Crippen molar-refractivity contribution in [2.45, 2.75) is 31.3 Å². The fraction of sp³-hybridized carbons (Fsp3) is 0.333. The molecule has 1 fully saturated rings. The van der Waals surface area contributed by atoms with E-state index in [1.807, 2.05) is 18.2 Å². The quantitative estimate of drug-likeness (QED) is 0.533. The van der Waals surface area contributed by atoms with E-state index in [9.17, 15) is 9.90 Å². The lowest BCUT2D eigenvalue weighted by molar-refractivity contribution is 0.387. The zero-order valence-electron chi connectivity index (χ0n) is 13.5. The number of nitrogens with one attached hydrogen (secondary N) is 3. The Hall–Kier alpha value is -2.38. The van der Waals surface area contributed by atoms with Gasteiger partial charge in [-0.25, -0.2) is 0 Å². The van der Waals surface area contributed by atoms with E-state index in [2.05, 4.69) is 21.4 Å². The van der Waals surface area contributed by atoms with Gasteiger partial charge in [-0.15, -0.1) is 0 Å². The van der Waals surface area contributed by atoms with Crippen LogP contribution in [0.4, 0.5) is 0 Å². The number of hydrogen-bond donors (Lipinski definition) is 4. The number of hydrogen-bond acceptors (Lipinski definition) is 4. The van der Waals surface area contributed by atoms with E-state index < -0.39 is 0 Å². The van der Waals surface area contributed by atoms with Crippen LogP contribution in [-0.2, 0) is 6.42 Å². The highest BCUT2D eigenvalue weighted by atomic mass is 32.1. The summed E-state index contributed by atoms with van der Waals surface area (Å²) in [5.74, 6) is -0.0137. The second-order valence-corrected chi connectivity index (χ2v) is 7.18. The van der Waals surface area contributed by atoms with Crippen molar-refractivity contribution >= 4 is 23.1 Å². The van der Waals surface area contributed by atoms with E-state index in [4.69, 9.17) is 12.2 Å². The Morgan fingerprint density at radius 2 is 2.00 bits per heavy atom. The summed E-state index contributed by atoms with van der Waals surface area (Å²) in [6.45, 7) is 0.747. The van der Waals surface area contributed by atoms with Crippen molar-refractivity contribution in [2.75, 3.05) is 6.54 Å². The number of aromatic hydroxyl groups is 1. The molecule has 7 heteroatoms. The number of rotatable bonds is 2. The zero-order valence-corrected chi connectivity index (χ0v) is 14.3. The van der Waals surface area contributed by atoms with E-state index in [1.165, 1.54) is 10.9 Å². The highest BCUT2D eigenvalue weighted by Crippen LogP contribution is 2.41. The Kier molecular flexibility index (Phi) is 3.17. The standard InChI is InChI=1S/C18H18N4O2S/c23-16-13(17(24)22(9-5-6-9)18(25)21-16)15-14-11(7-8-19-15)10-3-1-2-4-12(10)20-14/h1-4,9,15,19-20,24H,5-8H2,(H,21,23,25)/t15-/m0/s1. The van der Waals surface area contributed by atoms with Crippen molar-refractivity contribution in [3.05, 3.63) is 56.2 Å². The maximum atomic E-state index is 12.6. The summed E-state index contributed by atoms with van der Waals surface area (Å²) in [6.07, 6.45) is 2.84. The van der Waals surface area contributed by atoms with Crippen LogP contribution in [-0.4, -0.2) is 26.2 Å². The number of nitrogens with zero attached hydrogens (tertiary/aromatic N) is 1. The summed E-state index contributed by atoms with van der Waals surface area (Å²) >= 11 is 5.25. The minimum Gasteiger partial charge on any atom is -0.494 e. The van der Waals surface area contributed by atoms with Crippen LogP contribution in [0.2, 0.25) is 0 Å². The average Bonchev–Trinajstić information content (AvgIpc) is 3.34. The molecule has 0 bridgehead atoms. The van der Waals surface area contributed by atoms with Crippen LogP contribution in [0, 0.1) is 4.77 Å². The molecular weight excluding hydrogens is 336 g/mol. The molecule has 3 aromatic rings. The summed E-state index contributed by atoms with van der Waals surface area (Å²) in [5, 5.41) is 15.4. The van der Waals surface area contributed by atoms with E-state index in [1.54, 1.807) is 4.57 Å². The van der Waals surface area contributed by atoms with Gasteiger partial charge in [-0.05, 0) is 43.1 Å². The fourth-order valence-electron chi connectivity index (χ4n) is 3.91. The molecule has 0 saturated heterocycles. The highest BCUT2D eigenvalue weighted by Gasteiger charge is 2.33. The molecule has 0 amide bonds. The van der Waals surface area contributed by atoms with Gasteiger partial charge in [0, 0.05) is 29.2 Å². The van der Waals surface area contributed by atoms with Gasteiger partial charge < -0.3 is 15.4 Å². The first-order valence-electron chi connectivity index (χ1n) is 8.55. The topological polar surface area (TPSA) is 85.8 Å². The summed E-state index contributed by atoms with van der Waals surface area (Å²) in [6, 6.07) is 7.95. The van der Waals surface area contributed by atoms with Crippen LogP contribution >= 0.6 is 12.2 Å².